The minimum absolute atomic E-state index is 0.603. The van der Waals surface area contributed by atoms with Crippen LogP contribution in [-0.4, -0.2) is 19.9 Å². The molecule has 0 saturated heterocycles. The quantitative estimate of drug-likeness (QED) is 0.154. The molecule has 0 aliphatic rings. The van der Waals surface area contributed by atoms with Gasteiger partial charge >= 0.3 is 0 Å². The second-order valence-corrected chi connectivity index (χ2v) is 16.2. The highest BCUT2D eigenvalue weighted by atomic mass is 32.1. The molecule has 0 aliphatic carbocycles. The molecule has 0 spiro atoms. The minimum Gasteiger partial charge on any atom is -0.265 e. The first-order valence-corrected chi connectivity index (χ1v) is 21.2. The van der Waals surface area contributed by atoms with Gasteiger partial charge < -0.3 is 0 Å². The highest BCUT2D eigenvalue weighted by Gasteiger charge is 2.17. The Hall–Kier alpha value is -7.86. The molecule has 0 N–H and O–H groups in total. The summed E-state index contributed by atoms with van der Waals surface area (Å²) in [5.41, 5.74) is 14.0. The molecule has 3 aromatic heterocycles. The van der Waals surface area contributed by atoms with E-state index in [1.807, 2.05) is 84.4 Å². The molecule has 286 valence electrons. The Morgan fingerprint density at radius 2 is 0.639 bits per heavy atom. The van der Waals surface area contributed by atoms with Gasteiger partial charge in [-0.2, -0.15) is 0 Å². The van der Waals surface area contributed by atoms with Crippen LogP contribution < -0.4 is 0 Å². The van der Waals surface area contributed by atoms with Gasteiger partial charge in [-0.1, -0.05) is 133 Å². The zero-order chi connectivity index (χ0) is 40.5. The van der Waals surface area contributed by atoms with Crippen LogP contribution in [0.1, 0.15) is 0 Å². The normalized spacial score (nSPS) is 11.3. The molecule has 0 radical (unpaired) electrons. The van der Waals surface area contributed by atoms with Gasteiger partial charge in [0.05, 0.1) is 0 Å². The van der Waals surface area contributed by atoms with E-state index in [4.69, 9.17) is 15.0 Å². The first-order chi connectivity index (χ1) is 30.2. The summed E-state index contributed by atoms with van der Waals surface area (Å²) < 4.78 is 2.58. The van der Waals surface area contributed by atoms with Gasteiger partial charge in [-0.25, -0.2) is 15.0 Å². The van der Waals surface area contributed by atoms with Crippen LogP contribution in [0, 0.1) is 0 Å². The lowest BCUT2D eigenvalue weighted by Crippen LogP contribution is -2.00. The van der Waals surface area contributed by atoms with Crippen LogP contribution in [0.15, 0.2) is 219 Å². The molecule has 3 heterocycles. The highest BCUT2D eigenvalue weighted by Crippen LogP contribution is 2.41. The summed E-state index contributed by atoms with van der Waals surface area (Å²) in [6, 6.07) is 73.1. The van der Waals surface area contributed by atoms with Crippen molar-refractivity contribution >= 4 is 31.5 Å². The molecule has 4 nitrogen and oxygen atoms in total. The van der Waals surface area contributed by atoms with E-state index in [-0.39, 0.29) is 0 Å². The molecule has 11 rings (SSSR count). The molecule has 0 atom stereocenters. The number of benzene rings is 8. The molecule has 61 heavy (non-hydrogen) atoms. The zero-order valence-electron chi connectivity index (χ0n) is 33.0. The maximum atomic E-state index is 5.15. The summed E-state index contributed by atoms with van der Waals surface area (Å²) in [7, 11) is 0. The Balaban J connectivity index is 1.14. The van der Waals surface area contributed by atoms with E-state index in [2.05, 4.69) is 151 Å². The van der Waals surface area contributed by atoms with Gasteiger partial charge in [0.2, 0.25) is 0 Å². The standard InChI is InChI=1S/C56H36N4S/c1-4-13-37(14-5-1)41-19-12-20-42(29-41)45-31-46(43-23-24-53-51(36-43)50-21-10-11-22-52(50)61-53)33-47(32-45)48-30-44(38-25-27-57-28-26-38)34-49(35-48)56-59-54(39-15-6-2-7-16-39)58-55(60-56)40-17-8-3-9-18-40/h1-36H. The van der Waals surface area contributed by atoms with Crippen LogP contribution in [0.5, 0.6) is 0 Å². The summed E-state index contributed by atoms with van der Waals surface area (Å²) in [6.07, 6.45) is 3.68. The Kier molecular flexibility index (Phi) is 9.34. The van der Waals surface area contributed by atoms with Gasteiger partial charge in [0.1, 0.15) is 0 Å². The molecule has 11 aromatic rings. The summed E-state index contributed by atoms with van der Waals surface area (Å²) >= 11 is 1.84. The van der Waals surface area contributed by atoms with Gasteiger partial charge in [0, 0.05) is 49.3 Å². The molecule has 0 bridgehead atoms. The number of rotatable bonds is 8. The summed E-state index contributed by atoms with van der Waals surface area (Å²) in [5, 5.41) is 2.56. The van der Waals surface area contributed by atoms with Crippen LogP contribution in [0.3, 0.4) is 0 Å². The molecular weight excluding hydrogens is 761 g/mol. The van der Waals surface area contributed by atoms with E-state index < -0.39 is 0 Å². The van der Waals surface area contributed by atoms with Gasteiger partial charge in [-0.3, -0.25) is 4.98 Å². The van der Waals surface area contributed by atoms with Crippen LogP contribution in [0.25, 0.3) is 110 Å². The maximum absolute atomic E-state index is 5.15. The summed E-state index contributed by atoms with van der Waals surface area (Å²) in [4.78, 5) is 19.6. The minimum atomic E-state index is 0.603. The van der Waals surface area contributed by atoms with Gasteiger partial charge in [-0.15, -0.1) is 11.3 Å². The molecular formula is C56H36N4S. The second kappa shape index (κ2) is 15.7. The zero-order valence-corrected chi connectivity index (χ0v) is 33.8. The molecule has 0 unspecified atom stereocenters. The van der Waals surface area contributed by atoms with Gasteiger partial charge in [-0.05, 0) is 128 Å². The van der Waals surface area contributed by atoms with Crippen molar-refractivity contribution in [1.29, 1.82) is 0 Å². The molecule has 0 aliphatic heterocycles. The fourth-order valence-corrected chi connectivity index (χ4v) is 9.20. The van der Waals surface area contributed by atoms with Crippen molar-refractivity contribution in [2.45, 2.75) is 0 Å². The lowest BCUT2D eigenvalue weighted by atomic mass is 9.90. The number of aromatic nitrogens is 4. The fraction of sp³-hybridized carbons (Fsp3) is 0. The van der Waals surface area contributed by atoms with Crippen molar-refractivity contribution < 1.29 is 0 Å². The SMILES string of the molecule is c1ccc(-c2cccc(-c3cc(-c4cc(-c5ccncc5)cc(-c5nc(-c6ccccc6)nc(-c6ccccc6)n5)c4)cc(-c4ccc5sc6ccccc6c5c4)c3)c2)cc1. The van der Waals surface area contributed by atoms with Crippen molar-refractivity contribution in [2.24, 2.45) is 0 Å². The summed E-state index contributed by atoms with van der Waals surface area (Å²) in [5.74, 6) is 1.85. The number of hydrogen-bond acceptors (Lipinski definition) is 5. The second-order valence-electron chi connectivity index (χ2n) is 15.1. The number of fused-ring (bicyclic) bond motifs is 3. The van der Waals surface area contributed by atoms with Gasteiger partial charge in [0.25, 0.3) is 0 Å². The molecule has 0 saturated carbocycles. The largest absolute Gasteiger partial charge is 0.265 e. The summed E-state index contributed by atoms with van der Waals surface area (Å²) in [6.45, 7) is 0. The lowest BCUT2D eigenvalue weighted by molar-refractivity contribution is 1.07. The average Bonchev–Trinajstić information content (AvgIpc) is 3.73. The van der Waals surface area contributed by atoms with Crippen molar-refractivity contribution in [3.05, 3.63) is 219 Å². The van der Waals surface area contributed by atoms with Crippen LogP contribution in [-0.2, 0) is 0 Å². The molecule has 5 heteroatoms. The monoisotopic (exact) mass is 796 g/mol. The lowest BCUT2D eigenvalue weighted by Gasteiger charge is -2.15. The van der Waals surface area contributed by atoms with E-state index in [9.17, 15) is 0 Å². The van der Waals surface area contributed by atoms with Crippen molar-refractivity contribution in [3.8, 4) is 89.8 Å². The van der Waals surface area contributed by atoms with Gasteiger partial charge in [0.15, 0.2) is 17.5 Å². The Morgan fingerprint density at radius 1 is 0.246 bits per heavy atom. The first kappa shape index (κ1) is 36.2. The number of hydrogen-bond donors (Lipinski definition) is 0. The Labute approximate surface area is 358 Å². The number of thiophene rings is 1. The molecule has 0 fully saturated rings. The molecule has 0 amide bonds. The van der Waals surface area contributed by atoms with Crippen LogP contribution in [0.2, 0.25) is 0 Å². The van der Waals surface area contributed by atoms with Crippen LogP contribution in [0.4, 0.5) is 0 Å². The first-order valence-electron chi connectivity index (χ1n) is 20.3. The van der Waals surface area contributed by atoms with E-state index in [1.54, 1.807) is 0 Å². The Morgan fingerprint density at radius 3 is 1.25 bits per heavy atom. The fourth-order valence-electron chi connectivity index (χ4n) is 8.11. The topological polar surface area (TPSA) is 51.6 Å². The van der Waals surface area contributed by atoms with E-state index >= 15 is 0 Å². The smallest absolute Gasteiger partial charge is 0.164 e. The average molecular weight is 797 g/mol. The van der Waals surface area contributed by atoms with E-state index in [0.717, 1.165) is 55.6 Å². The highest BCUT2D eigenvalue weighted by molar-refractivity contribution is 7.25. The van der Waals surface area contributed by atoms with E-state index in [1.165, 1.54) is 36.9 Å². The predicted molar refractivity (Wildman–Crippen MR) is 254 cm³/mol. The van der Waals surface area contributed by atoms with E-state index in [0.29, 0.717) is 17.5 Å². The van der Waals surface area contributed by atoms with Crippen molar-refractivity contribution in [2.75, 3.05) is 0 Å². The number of pyridine rings is 1. The van der Waals surface area contributed by atoms with Crippen molar-refractivity contribution in [3.63, 3.8) is 0 Å². The third kappa shape index (κ3) is 7.28. The van der Waals surface area contributed by atoms with Crippen molar-refractivity contribution in [1.82, 2.24) is 19.9 Å². The third-order valence-electron chi connectivity index (χ3n) is 11.2. The number of nitrogens with zero attached hydrogens (tertiary/aromatic N) is 4. The predicted octanol–water partition coefficient (Wildman–Crippen LogP) is 15.0. The Bertz CT molecular complexity index is 3290. The van der Waals surface area contributed by atoms with Crippen LogP contribution >= 0.6 is 11.3 Å². The third-order valence-corrected chi connectivity index (χ3v) is 12.3. The maximum Gasteiger partial charge on any atom is 0.164 e. The molecule has 8 aromatic carbocycles.